The zero-order valence-corrected chi connectivity index (χ0v) is 13.2. The van der Waals surface area contributed by atoms with Gasteiger partial charge in [0.1, 0.15) is 11.4 Å². The maximum Gasteiger partial charge on any atom is 0.513 e. The van der Waals surface area contributed by atoms with Crippen LogP contribution in [0.2, 0.25) is 0 Å². The van der Waals surface area contributed by atoms with Crippen molar-refractivity contribution in [3.8, 4) is 5.75 Å². The van der Waals surface area contributed by atoms with Crippen molar-refractivity contribution in [1.82, 2.24) is 5.32 Å². The molecular formula is C16H21NO5. The minimum Gasteiger partial charge on any atom is -0.444 e. The number of ether oxygens (including phenoxy) is 3. The van der Waals surface area contributed by atoms with Gasteiger partial charge in [0, 0.05) is 12.0 Å². The lowest BCUT2D eigenvalue weighted by molar-refractivity contribution is 0.0522. The van der Waals surface area contributed by atoms with Gasteiger partial charge in [-0.3, -0.25) is 0 Å². The Labute approximate surface area is 129 Å². The van der Waals surface area contributed by atoms with E-state index in [1.807, 2.05) is 26.8 Å². The summed E-state index contributed by atoms with van der Waals surface area (Å²) in [5, 5.41) is 2.84. The van der Waals surface area contributed by atoms with Gasteiger partial charge in [-0.1, -0.05) is 12.1 Å². The lowest BCUT2D eigenvalue weighted by atomic mass is 10.1. The van der Waals surface area contributed by atoms with Gasteiger partial charge < -0.3 is 19.5 Å². The van der Waals surface area contributed by atoms with E-state index in [4.69, 9.17) is 9.47 Å². The van der Waals surface area contributed by atoms with Crippen LogP contribution in [0.25, 0.3) is 0 Å². The molecule has 1 aliphatic rings. The van der Waals surface area contributed by atoms with Crippen LogP contribution in [0.3, 0.4) is 0 Å². The number of nitrogens with one attached hydrogen (secondary N) is 1. The fraction of sp³-hybridized carbons (Fsp3) is 0.500. The van der Waals surface area contributed by atoms with E-state index in [0.29, 0.717) is 5.75 Å². The van der Waals surface area contributed by atoms with E-state index < -0.39 is 17.8 Å². The zero-order valence-electron chi connectivity index (χ0n) is 13.2. The second kappa shape index (κ2) is 6.25. The smallest absolute Gasteiger partial charge is 0.444 e. The van der Waals surface area contributed by atoms with E-state index >= 15 is 0 Å². The standard InChI is InChI=1S/C16H21NO5/c1-16(2,3)22-14(18)17-13-9-12(13)10-6-5-7-11(8-10)21-15(19)20-4/h5-8,12-13H,9H2,1-4H3,(H,17,18)/t12-,13+/m0/s1. The number of benzene rings is 1. The molecule has 0 spiro atoms. The maximum absolute atomic E-state index is 11.7. The van der Waals surface area contributed by atoms with Crippen LogP contribution < -0.4 is 10.1 Å². The molecule has 1 aromatic rings. The molecule has 0 radical (unpaired) electrons. The molecule has 1 N–H and O–H groups in total. The minimum absolute atomic E-state index is 0.0447. The molecule has 6 nitrogen and oxygen atoms in total. The fourth-order valence-corrected chi connectivity index (χ4v) is 2.13. The fourth-order valence-electron chi connectivity index (χ4n) is 2.13. The molecule has 0 unspecified atom stereocenters. The molecule has 1 aromatic carbocycles. The average molecular weight is 307 g/mol. The van der Waals surface area contributed by atoms with Crippen LogP contribution in [-0.2, 0) is 9.47 Å². The number of alkyl carbamates (subject to hydrolysis) is 1. The Morgan fingerprint density at radius 3 is 2.64 bits per heavy atom. The summed E-state index contributed by atoms with van der Waals surface area (Å²) in [6, 6.07) is 7.24. The first-order valence-corrected chi connectivity index (χ1v) is 7.14. The van der Waals surface area contributed by atoms with Gasteiger partial charge in [-0.15, -0.1) is 0 Å². The Hall–Kier alpha value is -2.24. The summed E-state index contributed by atoms with van der Waals surface area (Å²) in [5.41, 5.74) is 0.491. The second-order valence-corrected chi connectivity index (χ2v) is 6.22. The molecule has 6 heteroatoms. The number of rotatable bonds is 3. The lowest BCUT2D eigenvalue weighted by Gasteiger charge is -2.19. The van der Waals surface area contributed by atoms with Gasteiger partial charge in [-0.25, -0.2) is 9.59 Å². The van der Waals surface area contributed by atoms with Crippen LogP contribution in [0, 0.1) is 0 Å². The molecule has 2 atom stereocenters. The zero-order chi connectivity index (χ0) is 16.3. The van der Waals surface area contributed by atoms with Crippen LogP contribution >= 0.6 is 0 Å². The first-order valence-electron chi connectivity index (χ1n) is 7.14. The number of methoxy groups -OCH3 is 1. The Bertz CT molecular complexity index is 564. The Kier molecular flexibility index (Phi) is 4.59. The van der Waals surface area contributed by atoms with Crippen LogP contribution in [-0.4, -0.2) is 31.0 Å². The molecule has 1 aliphatic carbocycles. The van der Waals surface area contributed by atoms with E-state index in [2.05, 4.69) is 10.1 Å². The third-order valence-corrected chi connectivity index (χ3v) is 3.15. The van der Waals surface area contributed by atoms with Gasteiger partial charge in [0.2, 0.25) is 0 Å². The highest BCUT2D eigenvalue weighted by atomic mass is 16.7. The maximum atomic E-state index is 11.7. The SMILES string of the molecule is COC(=O)Oc1cccc([C@@H]2C[C@H]2NC(=O)OC(C)(C)C)c1. The molecule has 1 amide bonds. The van der Waals surface area contributed by atoms with E-state index in [0.717, 1.165) is 12.0 Å². The summed E-state index contributed by atoms with van der Waals surface area (Å²) in [5.74, 6) is 0.626. The highest BCUT2D eigenvalue weighted by molar-refractivity contribution is 5.69. The van der Waals surface area contributed by atoms with Gasteiger partial charge in [0.15, 0.2) is 0 Å². The van der Waals surface area contributed by atoms with Crippen LogP contribution in [0.15, 0.2) is 24.3 Å². The Morgan fingerprint density at radius 2 is 2.00 bits per heavy atom. The van der Waals surface area contributed by atoms with E-state index in [9.17, 15) is 9.59 Å². The predicted octanol–water partition coefficient (Wildman–Crippen LogP) is 3.21. The topological polar surface area (TPSA) is 73.9 Å². The highest BCUT2D eigenvalue weighted by Gasteiger charge is 2.40. The largest absolute Gasteiger partial charge is 0.513 e. The molecule has 2 rings (SSSR count). The summed E-state index contributed by atoms with van der Waals surface area (Å²) in [7, 11) is 1.26. The first kappa shape index (κ1) is 16.1. The lowest BCUT2D eigenvalue weighted by Crippen LogP contribution is -2.34. The predicted molar refractivity (Wildman–Crippen MR) is 80.0 cm³/mol. The second-order valence-electron chi connectivity index (χ2n) is 6.22. The van der Waals surface area contributed by atoms with Crippen LogP contribution in [0.1, 0.15) is 38.7 Å². The normalized spacial score (nSPS) is 20.0. The minimum atomic E-state index is -0.753. The van der Waals surface area contributed by atoms with Crippen LogP contribution in [0.4, 0.5) is 9.59 Å². The van der Waals surface area contributed by atoms with E-state index in [1.165, 1.54) is 7.11 Å². The number of amides is 1. The molecule has 22 heavy (non-hydrogen) atoms. The third kappa shape index (κ3) is 4.65. The molecule has 0 saturated heterocycles. The van der Waals surface area contributed by atoms with Crippen molar-refractivity contribution in [2.75, 3.05) is 7.11 Å². The average Bonchev–Trinajstić information content (AvgIpc) is 3.15. The summed E-state index contributed by atoms with van der Waals surface area (Å²) in [6.45, 7) is 5.47. The molecule has 0 aliphatic heterocycles. The van der Waals surface area contributed by atoms with Crippen molar-refractivity contribution in [2.24, 2.45) is 0 Å². The molecule has 0 bridgehead atoms. The van der Waals surface area contributed by atoms with Crippen molar-refractivity contribution < 1.29 is 23.8 Å². The number of hydrogen-bond donors (Lipinski definition) is 1. The molecule has 1 fully saturated rings. The molecule has 0 aromatic heterocycles. The quantitative estimate of drug-likeness (QED) is 0.685. The van der Waals surface area contributed by atoms with Gasteiger partial charge >= 0.3 is 12.2 Å². The summed E-state index contributed by atoms with van der Waals surface area (Å²) in [4.78, 5) is 22.8. The Morgan fingerprint density at radius 1 is 1.27 bits per heavy atom. The Balaban J connectivity index is 1.91. The van der Waals surface area contributed by atoms with Crippen molar-refractivity contribution >= 4 is 12.2 Å². The monoisotopic (exact) mass is 307 g/mol. The molecule has 0 heterocycles. The third-order valence-electron chi connectivity index (χ3n) is 3.15. The van der Waals surface area contributed by atoms with Crippen LogP contribution in [0.5, 0.6) is 5.75 Å². The molecule has 1 saturated carbocycles. The van der Waals surface area contributed by atoms with E-state index in [-0.39, 0.29) is 12.0 Å². The summed E-state index contributed by atoms with van der Waals surface area (Å²) in [6.07, 6.45) is -0.334. The summed E-state index contributed by atoms with van der Waals surface area (Å²) < 4.78 is 14.7. The van der Waals surface area contributed by atoms with Gasteiger partial charge in [0.05, 0.1) is 7.11 Å². The van der Waals surface area contributed by atoms with Crippen molar-refractivity contribution in [2.45, 2.75) is 44.8 Å². The summed E-state index contributed by atoms with van der Waals surface area (Å²) >= 11 is 0. The van der Waals surface area contributed by atoms with Crippen molar-refractivity contribution in [3.63, 3.8) is 0 Å². The van der Waals surface area contributed by atoms with E-state index in [1.54, 1.807) is 18.2 Å². The molecule has 120 valence electrons. The number of carbonyl (C=O) groups excluding carboxylic acids is 2. The van der Waals surface area contributed by atoms with Gasteiger partial charge in [-0.05, 0) is 44.9 Å². The number of carbonyl (C=O) groups is 2. The van der Waals surface area contributed by atoms with Gasteiger partial charge in [-0.2, -0.15) is 0 Å². The van der Waals surface area contributed by atoms with Crippen molar-refractivity contribution in [3.05, 3.63) is 29.8 Å². The first-order chi connectivity index (χ1) is 10.3. The van der Waals surface area contributed by atoms with Crippen molar-refractivity contribution in [1.29, 1.82) is 0 Å². The van der Waals surface area contributed by atoms with Gasteiger partial charge in [0.25, 0.3) is 0 Å². The highest BCUT2D eigenvalue weighted by Crippen LogP contribution is 2.41. The number of hydrogen-bond acceptors (Lipinski definition) is 5. The molecular weight excluding hydrogens is 286 g/mol.